The maximum Gasteiger partial charge on any atom is 0.277 e. The van der Waals surface area contributed by atoms with Crippen molar-refractivity contribution >= 4 is 34.8 Å². The average Bonchev–Trinajstić information content (AvgIpc) is 2.52. The molecule has 0 bridgehead atoms. The van der Waals surface area contributed by atoms with Crippen molar-refractivity contribution in [1.82, 2.24) is 5.06 Å². The summed E-state index contributed by atoms with van der Waals surface area (Å²) in [6, 6.07) is 6.28. The summed E-state index contributed by atoms with van der Waals surface area (Å²) in [6.45, 7) is 8.00. The quantitative estimate of drug-likeness (QED) is 0.276. The van der Waals surface area contributed by atoms with Crippen molar-refractivity contribution in [3.8, 4) is 0 Å². The summed E-state index contributed by atoms with van der Waals surface area (Å²) in [5.74, 6) is -0.595. The standard InChI is InChI=1S/C9H9NO3.2C2H6.CH3I/c1-10(13)9(12)8-5-3-2-4-7(8)6-11;3*1-2/h2-6,13H,1H3;2*1-2H3;1H3. The van der Waals surface area contributed by atoms with E-state index in [-0.39, 0.29) is 11.1 Å². The van der Waals surface area contributed by atoms with Crippen LogP contribution in [-0.4, -0.2) is 34.4 Å². The van der Waals surface area contributed by atoms with E-state index in [1.54, 1.807) is 12.1 Å². The normalized spacial score (nSPS) is 7.37. The molecule has 0 spiro atoms. The molecule has 0 fully saturated rings. The van der Waals surface area contributed by atoms with Crippen molar-refractivity contribution in [2.45, 2.75) is 27.7 Å². The molecule has 1 N–H and O–H groups in total. The minimum absolute atomic E-state index is 0.197. The van der Waals surface area contributed by atoms with E-state index >= 15 is 0 Å². The molecule has 0 saturated carbocycles. The van der Waals surface area contributed by atoms with Gasteiger partial charge in [-0.1, -0.05) is 68.5 Å². The van der Waals surface area contributed by atoms with Gasteiger partial charge >= 0.3 is 0 Å². The molecule has 0 heterocycles. The number of hydrogen-bond donors (Lipinski definition) is 1. The predicted octanol–water partition coefficient (Wildman–Crippen LogP) is 4.06. The van der Waals surface area contributed by atoms with Crippen molar-refractivity contribution in [3.63, 3.8) is 0 Å². The number of amides is 1. The first-order chi connectivity index (χ1) is 9.16. The summed E-state index contributed by atoms with van der Waals surface area (Å²) in [5, 5.41) is 9.31. The number of benzene rings is 1. The van der Waals surface area contributed by atoms with Gasteiger partial charge in [0.2, 0.25) is 0 Å². The Kier molecular flexibility index (Phi) is 20.8. The van der Waals surface area contributed by atoms with E-state index in [1.807, 2.05) is 32.6 Å². The van der Waals surface area contributed by atoms with Crippen LogP contribution in [-0.2, 0) is 0 Å². The molecule has 1 aromatic rings. The molecule has 0 aliphatic heterocycles. The molecule has 5 heteroatoms. The highest BCUT2D eigenvalue weighted by Gasteiger charge is 2.12. The number of hydroxylamine groups is 2. The number of aldehydes is 1. The van der Waals surface area contributed by atoms with Gasteiger partial charge in [-0.05, 0) is 11.0 Å². The van der Waals surface area contributed by atoms with Crippen LogP contribution in [0, 0.1) is 0 Å². The number of carbonyl (C=O) groups is 2. The summed E-state index contributed by atoms with van der Waals surface area (Å²) in [7, 11) is 1.21. The summed E-state index contributed by atoms with van der Waals surface area (Å²) < 4.78 is 0. The number of alkyl halides is 1. The van der Waals surface area contributed by atoms with Crippen LogP contribution >= 0.6 is 22.6 Å². The second-order valence-electron chi connectivity index (χ2n) is 2.53. The second-order valence-corrected chi connectivity index (χ2v) is 2.53. The molecule has 0 unspecified atom stereocenters. The minimum atomic E-state index is -0.595. The molecule has 19 heavy (non-hydrogen) atoms. The summed E-state index contributed by atoms with van der Waals surface area (Å²) in [4.78, 5) is 23.7. The van der Waals surface area contributed by atoms with Gasteiger partial charge in [-0.2, -0.15) is 0 Å². The van der Waals surface area contributed by atoms with Crippen LogP contribution in [0.1, 0.15) is 48.4 Å². The van der Waals surface area contributed by atoms with E-state index in [1.165, 1.54) is 19.2 Å². The molecule has 0 atom stereocenters. The lowest BCUT2D eigenvalue weighted by molar-refractivity contribution is -0.0375. The fourth-order valence-electron chi connectivity index (χ4n) is 0.969. The number of carbonyl (C=O) groups excluding carboxylic acids is 2. The van der Waals surface area contributed by atoms with E-state index in [0.29, 0.717) is 11.3 Å². The fourth-order valence-corrected chi connectivity index (χ4v) is 0.969. The van der Waals surface area contributed by atoms with Crippen molar-refractivity contribution in [3.05, 3.63) is 35.4 Å². The Labute approximate surface area is 129 Å². The van der Waals surface area contributed by atoms with Crippen LogP contribution in [0.4, 0.5) is 0 Å². The Hall–Kier alpha value is -0.950. The Bertz CT molecular complexity index is 341. The highest BCUT2D eigenvalue weighted by atomic mass is 127. The van der Waals surface area contributed by atoms with Crippen LogP contribution in [0.25, 0.3) is 0 Å². The third-order valence-electron chi connectivity index (χ3n) is 1.61. The van der Waals surface area contributed by atoms with Gasteiger partial charge in [-0.25, -0.2) is 5.06 Å². The van der Waals surface area contributed by atoms with Crippen LogP contribution in [0.15, 0.2) is 24.3 Å². The molecular formula is C14H24INO3. The van der Waals surface area contributed by atoms with Gasteiger partial charge < -0.3 is 0 Å². The Balaban J connectivity index is -0.000000375. The molecule has 0 aromatic heterocycles. The number of halogens is 1. The molecule has 1 rings (SSSR count). The van der Waals surface area contributed by atoms with Crippen molar-refractivity contribution in [2.24, 2.45) is 0 Å². The molecule has 0 radical (unpaired) electrons. The predicted molar refractivity (Wildman–Crippen MR) is 88.3 cm³/mol. The Morgan fingerprint density at radius 2 is 1.58 bits per heavy atom. The van der Waals surface area contributed by atoms with Crippen molar-refractivity contribution < 1.29 is 14.8 Å². The highest BCUT2D eigenvalue weighted by Crippen LogP contribution is 2.07. The van der Waals surface area contributed by atoms with Crippen LogP contribution in [0.5, 0.6) is 0 Å². The monoisotopic (exact) mass is 381 g/mol. The zero-order valence-electron chi connectivity index (χ0n) is 12.5. The lowest BCUT2D eigenvalue weighted by Gasteiger charge is -2.09. The van der Waals surface area contributed by atoms with Crippen molar-refractivity contribution in [1.29, 1.82) is 0 Å². The molecule has 0 aliphatic carbocycles. The summed E-state index contributed by atoms with van der Waals surface area (Å²) >= 11 is 2.15. The Morgan fingerprint density at radius 1 is 1.16 bits per heavy atom. The van der Waals surface area contributed by atoms with Crippen molar-refractivity contribution in [2.75, 3.05) is 12.0 Å². The van der Waals surface area contributed by atoms with E-state index in [0.717, 1.165) is 0 Å². The molecule has 1 amide bonds. The van der Waals surface area contributed by atoms with Crippen LogP contribution in [0.3, 0.4) is 0 Å². The van der Waals surface area contributed by atoms with Gasteiger partial charge in [0.25, 0.3) is 5.91 Å². The first kappa shape index (κ1) is 23.2. The molecule has 1 aromatic carbocycles. The average molecular weight is 381 g/mol. The zero-order chi connectivity index (χ0) is 15.8. The smallest absolute Gasteiger partial charge is 0.277 e. The maximum atomic E-state index is 11.2. The maximum absolute atomic E-state index is 11.2. The molecule has 4 nitrogen and oxygen atoms in total. The first-order valence-electron chi connectivity index (χ1n) is 6.05. The van der Waals surface area contributed by atoms with E-state index in [9.17, 15) is 9.59 Å². The largest absolute Gasteiger partial charge is 0.298 e. The van der Waals surface area contributed by atoms with Gasteiger partial charge in [0.15, 0.2) is 6.29 Å². The van der Waals surface area contributed by atoms with E-state index in [2.05, 4.69) is 22.6 Å². The third kappa shape index (κ3) is 9.61. The van der Waals surface area contributed by atoms with E-state index in [4.69, 9.17) is 5.21 Å². The number of nitrogens with zero attached hydrogens (tertiary/aromatic N) is 1. The Morgan fingerprint density at radius 3 is 1.95 bits per heavy atom. The van der Waals surface area contributed by atoms with Gasteiger partial charge in [-0.3, -0.25) is 14.8 Å². The van der Waals surface area contributed by atoms with Crippen LogP contribution in [0.2, 0.25) is 0 Å². The minimum Gasteiger partial charge on any atom is -0.298 e. The number of rotatable bonds is 2. The molecule has 0 aliphatic rings. The van der Waals surface area contributed by atoms with Gasteiger partial charge in [0.05, 0.1) is 5.56 Å². The first-order valence-corrected chi connectivity index (χ1v) is 8.21. The number of hydrogen-bond acceptors (Lipinski definition) is 3. The molecule has 0 saturated heterocycles. The van der Waals surface area contributed by atoms with E-state index < -0.39 is 5.91 Å². The van der Waals surface area contributed by atoms with Gasteiger partial charge in [0, 0.05) is 12.6 Å². The second kappa shape index (κ2) is 17.1. The molecular weight excluding hydrogens is 357 g/mol. The van der Waals surface area contributed by atoms with Gasteiger partial charge in [-0.15, -0.1) is 0 Å². The lowest BCUT2D eigenvalue weighted by Crippen LogP contribution is -2.23. The van der Waals surface area contributed by atoms with Gasteiger partial charge in [0.1, 0.15) is 0 Å². The molecule has 110 valence electrons. The zero-order valence-corrected chi connectivity index (χ0v) is 14.6. The fraction of sp³-hybridized carbons (Fsp3) is 0.429. The SMILES string of the molecule is CC.CC.CI.CN(O)C(=O)c1ccccc1C=O. The van der Waals surface area contributed by atoms with Crippen LogP contribution < -0.4 is 0 Å². The highest BCUT2D eigenvalue weighted by molar-refractivity contribution is 14.1. The summed E-state index contributed by atoms with van der Waals surface area (Å²) in [6.07, 6.45) is 0.580. The topological polar surface area (TPSA) is 57.6 Å². The third-order valence-corrected chi connectivity index (χ3v) is 1.61. The lowest BCUT2D eigenvalue weighted by atomic mass is 10.1. The summed E-state index contributed by atoms with van der Waals surface area (Å²) in [5.41, 5.74) is 0.468.